The standard InChI is InChI=1S/C19H31N/c1-5-19(11-6-12-19)14-20-16(4)18-9-7-17(8-10-18)13-15(2)3/h7-10,15-16,20H,5-6,11-14H2,1-4H3. The van der Waals surface area contributed by atoms with Crippen LogP contribution in [0.2, 0.25) is 0 Å². The summed E-state index contributed by atoms with van der Waals surface area (Å²) in [6, 6.07) is 9.66. The molecule has 1 N–H and O–H groups in total. The van der Waals surface area contributed by atoms with Gasteiger partial charge in [-0.1, -0.05) is 51.5 Å². The molecule has 1 unspecified atom stereocenters. The van der Waals surface area contributed by atoms with Crippen molar-refractivity contribution in [2.45, 2.75) is 65.8 Å². The average molecular weight is 273 g/mol. The Bertz CT molecular complexity index is 395. The van der Waals surface area contributed by atoms with Gasteiger partial charge in [0.15, 0.2) is 0 Å². The first kappa shape index (κ1) is 15.6. The van der Waals surface area contributed by atoms with Gasteiger partial charge in [-0.2, -0.15) is 0 Å². The molecule has 0 radical (unpaired) electrons. The minimum absolute atomic E-state index is 0.465. The Balaban J connectivity index is 1.87. The van der Waals surface area contributed by atoms with Gasteiger partial charge in [-0.3, -0.25) is 0 Å². The minimum atomic E-state index is 0.465. The molecular weight excluding hydrogens is 242 g/mol. The van der Waals surface area contributed by atoms with Crippen LogP contribution in [0.15, 0.2) is 24.3 Å². The molecule has 2 rings (SSSR count). The predicted molar refractivity (Wildman–Crippen MR) is 88.0 cm³/mol. The van der Waals surface area contributed by atoms with E-state index in [1.807, 2.05) is 0 Å². The van der Waals surface area contributed by atoms with E-state index in [-0.39, 0.29) is 0 Å². The fraction of sp³-hybridized carbons (Fsp3) is 0.684. The lowest BCUT2D eigenvalue weighted by molar-refractivity contribution is 0.120. The summed E-state index contributed by atoms with van der Waals surface area (Å²) in [6.07, 6.45) is 6.75. The van der Waals surface area contributed by atoms with Crippen LogP contribution in [-0.4, -0.2) is 6.54 Å². The highest BCUT2D eigenvalue weighted by atomic mass is 14.9. The molecule has 0 heterocycles. The van der Waals surface area contributed by atoms with Gasteiger partial charge >= 0.3 is 0 Å². The fourth-order valence-corrected chi connectivity index (χ4v) is 3.23. The monoisotopic (exact) mass is 273 g/mol. The molecule has 1 fully saturated rings. The number of nitrogens with one attached hydrogen (secondary N) is 1. The van der Waals surface area contributed by atoms with Gasteiger partial charge in [-0.15, -0.1) is 0 Å². The lowest BCUT2D eigenvalue weighted by Crippen LogP contribution is -2.40. The molecule has 1 aromatic carbocycles. The van der Waals surface area contributed by atoms with Crippen molar-refractivity contribution >= 4 is 0 Å². The Morgan fingerprint density at radius 2 is 1.75 bits per heavy atom. The Kier molecular flexibility index (Phi) is 5.26. The highest BCUT2D eigenvalue weighted by Crippen LogP contribution is 2.43. The van der Waals surface area contributed by atoms with E-state index in [4.69, 9.17) is 0 Å². The maximum Gasteiger partial charge on any atom is 0.0292 e. The second kappa shape index (κ2) is 6.76. The zero-order chi connectivity index (χ0) is 14.6. The van der Waals surface area contributed by atoms with Crippen LogP contribution in [0.25, 0.3) is 0 Å². The van der Waals surface area contributed by atoms with Gasteiger partial charge in [0.25, 0.3) is 0 Å². The second-order valence-electron chi connectivity index (χ2n) is 7.15. The van der Waals surface area contributed by atoms with Crippen molar-refractivity contribution in [2.24, 2.45) is 11.3 Å². The summed E-state index contributed by atoms with van der Waals surface area (Å²) in [5, 5.41) is 3.75. The van der Waals surface area contributed by atoms with Gasteiger partial charge in [0.2, 0.25) is 0 Å². The summed E-state index contributed by atoms with van der Waals surface area (Å²) < 4.78 is 0. The molecule has 20 heavy (non-hydrogen) atoms. The molecule has 1 heteroatoms. The Morgan fingerprint density at radius 3 is 2.20 bits per heavy atom. The summed E-state index contributed by atoms with van der Waals surface area (Å²) in [6.45, 7) is 10.4. The molecule has 1 saturated carbocycles. The van der Waals surface area contributed by atoms with Gasteiger partial charge in [0.1, 0.15) is 0 Å². The normalized spacial score (nSPS) is 18.9. The summed E-state index contributed by atoms with van der Waals surface area (Å²) in [5.41, 5.74) is 3.48. The highest BCUT2D eigenvalue weighted by molar-refractivity contribution is 5.25. The zero-order valence-corrected chi connectivity index (χ0v) is 13.7. The maximum absolute atomic E-state index is 3.75. The molecule has 1 atom stereocenters. The number of benzene rings is 1. The quantitative estimate of drug-likeness (QED) is 0.727. The maximum atomic E-state index is 3.75. The van der Waals surface area contributed by atoms with Crippen molar-refractivity contribution in [3.05, 3.63) is 35.4 Å². The summed E-state index contributed by atoms with van der Waals surface area (Å²) in [5.74, 6) is 0.736. The third-order valence-corrected chi connectivity index (χ3v) is 5.07. The van der Waals surface area contributed by atoms with Crippen LogP contribution in [-0.2, 0) is 6.42 Å². The molecule has 112 valence electrons. The lowest BCUT2D eigenvalue weighted by Gasteiger charge is -2.42. The van der Waals surface area contributed by atoms with E-state index < -0.39 is 0 Å². The molecule has 1 nitrogen and oxygen atoms in total. The van der Waals surface area contributed by atoms with Gasteiger partial charge in [0.05, 0.1) is 0 Å². The summed E-state index contributed by atoms with van der Waals surface area (Å²) in [4.78, 5) is 0. The molecule has 0 bridgehead atoms. The number of hydrogen-bond donors (Lipinski definition) is 1. The molecule has 1 aliphatic carbocycles. The highest BCUT2D eigenvalue weighted by Gasteiger charge is 2.34. The van der Waals surface area contributed by atoms with Crippen LogP contribution < -0.4 is 5.32 Å². The molecule has 1 aliphatic rings. The van der Waals surface area contributed by atoms with Gasteiger partial charge in [0, 0.05) is 12.6 Å². The first-order valence-electron chi connectivity index (χ1n) is 8.37. The summed E-state index contributed by atoms with van der Waals surface area (Å²) >= 11 is 0. The smallest absolute Gasteiger partial charge is 0.0292 e. The molecule has 0 spiro atoms. The van der Waals surface area contributed by atoms with Crippen molar-refractivity contribution in [1.82, 2.24) is 5.32 Å². The Morgan fingerprint density at radius 1 is 1.10 bits per heavy atom. The van der Waals surface area contributed by atoms with Crippen molar-refractivity contribution in [3.63, 3.8) is 0 Å². The van der Waals surface area contributed by atoms with Gasteiger partial charge in [-0.25, -0.2) is 0 Å². The van der Waals surface area contributed by atoms with Crippen LogP contribution in [0.5, 0.6) is 0 Å². The molecule has 0 aliphatic heterocycles. The van der Waals surface area contributed by atoms with E-state index in [2.05, 4.69) is 57.3 Å². The zero-order valence-electron chi connectivity index (χ0n) is 13.7. The Labute approximate surface area is 125 Å². The van der Waals surface area contributed by atoms with E-state index in [9.17, 15) is 0 Å². The molecule has 0 saturated heterocycles. The van der Waals surface area contributed by atoms with Crippen molar-refractivity contribution in [1.29, 1.82) is 0 Å². The van der Waals surface area contributed by atoms with Crippen LogP contribution in [0.4, 0.5) is 0 Å². The Hall–Kier alpha value is -0.820. The third kappa shape index (κ3) is 3.85. The third-order valence-electron chi connectivity index (χ3n) is 5.07. The van der Waals surface area contributed by atoms with Crippen LogP contribution in [0.1, 0.15) is 70.5 Å². The van der Waals surface area contributed by atoms with E-state index in [0.717, 1.165) is 5.92 Å². The average Bonchev–Trinajstić information content (AvgIpc) is 2.38. The molecular formula is C19H31N. The SMILES string of the molecule is CCC1(CNC(C)c2ccc(CC(C)C)cc2)CCC1. The lowest BCUT2D eigenvalue weighted by atomic mass is 9.67. The molecule has 0 amide bonds. The first-order valence-corrected chi connectivity index (χ1v) is 8.37. The largest absolute Gasteiger partial charge is 0.310 e. The van der Waals surface area contributed by atoms with Gasteiger partial charge < -0.3 is 5.32 Å². The van der Waals surface area contributed by atoms with Crippen LogP contribution >= 0.6 is 0 Å². The van der Waals surface area contributed by atoms with E-state index >= 15 is 0 Å². The predicted octanol–water partition coefficient (Wildman–Crippen LogP) is 5.12. The van der Waals surface area contributed by atoms with E-state index in [0.29, 0.717) is 11.5 Å². The summed E-state index contributed by atoms with van der Waals surface area (Å²) in [7, 11) is 0. The van der Waals surface area contributed by atoms with E-state index in [1.165, 1.54) is 49.8 Å². The van der Waals surface area contributed by atoms with Gasteiger partial charge in [-0.05, 0) is 55.1 Å². The molecule has 1 aromatic rings. The fourth-order valence-electron chi connectivity index (χ4n) is 3.23. The van der Waals surface area contributed by atoms with Crippen molar-refractivity contribution in [2.75, 3.05) is 6.54 Å². The number of hydrogen-bond acceptors (Lipinski definition) is 1. The van der Waals surface area contributed by atoms with Crippen molar-refractivity contribution in [3.8, 4) is 0 Å². The molecule has 0 aromatic heterocycles. The topological polar surface area (TPSA) is 12.0 Å². The van der Waals surface area contributed by atoms with E-state index in [1.54, 1.807) is 0 Å². The van der Waals surface area contributed by atoms with Crippen LogP contribution in [0, 0.1) is 11.3 Å². The van der Waals surface area contributed by atoms with Crippen LogP contribution in [0.3, 0.4) is 0 Å². The second-order valence-corrected chi connectivity index (χ2v) is 7.15. The van der Waals surface area contributed by atoms with Crippen molar-refractivity contribution < 1.29 is 0 Å². The minimum Gasteiger partial charge on any atom is -0.310 e. The number of rotatable bonds is 7. The first-order chi connectivity index (χ1) is 9.54.